The van der Waals surface area contributed by atoms with E-state index in [9.17, 15) is 8.42 Å². The number of piperidine rings is 1. The molecule has 0 radical (unpaired) electrons. The number of sulfone groups is 1. The van der Waals surface area contributed by atoms with Gasteiger partial charge in [0.05, 0.1) is 18.6 Å². The summed E-state index contributed by atoms with van der Waals surface area (Å²) in [6.45, 7) is 6.05. The summed E-state index contributed by atoms with van der Waals surface area (Å²) in [4.78, 5) is 6.61. The molecule has 4 rings (SSSR count). The van der Waals surface area contributed by atoms with Gasteiger partial charge in [-0.25, -0.2) is 8.42 Å². The maximum Gasteiger partial charge on any atom is 0.236 e. The van der Waals surface area contributed by atoms with Crippen LogP contribution in [0.2, 0.25) is 0 Å². The van der Waals surface area contributed by atoms with E-state index in [1.54, 1.807) is 55.6 Å². The predicted molar refractivity (Wildman–Crippen MR) is 122 cm³/mol. The molecule has 0 saturated carbocycles. The van der Waals surface area contributed by atoms with Crippen molar-refractivity contribution in [3.8, 4) is 23.0 Å². The third kappa shape index (κ3) is 4.46. The van der Waals surface area contributed by atoms with Crippen LogP contribution in [-0.2, 0) is 9.84 Å². The number of aromatic nitrogens is 1. The number of nitrogens with zero attached hydrogens (tertiary/aromatic N) is 2. The van der Waals surface area contributed by atoms with Gasteiger partial charge in [0.15, 0.2) is 0 Å². The molecule has 2 heterocycles. The van der Waals surface area contributed by atoms with E-state index in [0.29, 0.717) is 35.5 Å². The summed E-state index contributed by atoms with van der Waals surface area (Å²) in [5.74, 6) is 2.49. The highest BCUT2D eigenvalue weighted by Crippen LogP contribution is 2.37. The van der Waals surface area contributed by atoms with Gasteiger partial charge in [-0.15, -0.1) is 0 Å². The number of rotatable bonds is 7. The lowest BCUT2D eigenvalue weighted by Crippen LogP contribution is -2.33. The summed E-state index contributed by atoms with van der Waals surface area (Å²) in [7, 11) is -2.30. The third-order valence-electron chi connectivity index (χ3n) is 5.69. The van der Waals surface area contributed by atoms with Crippen LogP contribution in [0.4, 0.5) is 5.88 Å². The molecule has 1 aliphatic rings. The van der Waals surface area contributed by atoms with E-state index in [1.165, 1.54) is 0 Å². The van der Waals surface area contributed by atoms with Gasteiger partial charge in [-0.3, -0.25) is 0 Å². The standard InChI is InChI=1S/C24H28N2O5S/c1-4-30-20-9-11-21(12-10-20)32(27,28)23-24(26-15-13-17(2)14-16-26)31-22(25-23)18-5-7-19(29-3)8-6-18/h5-12,17H,4,13-16H2,1-3H3. The zero-order chi connectivity index (χ0) is 22.7. The molecule has 2 aromatic carbocycles. The molecule has 1 fully saturated rings. The van der Waals surface area contributed by atoms with Crippen molar-refractivity contribution < 1.29 is 22.3 Å². The number of ether oxygens (including phenoxy) is 2. The van der Waals surface area contributed by atoms with Crippen LogP contribution in [0.3, 0.4) is 0 Å². The van der Waals surface area contributed by atoms with E-state index in [-0.39, 0.29) is 15.8 Å². The first-order valence-electron chi connectivity index (χ1n) is 10.8. The zero-order valence-corrected chi connectivity index (χ0v) is 19.4. The van der Waals surface area contributed by atoms with Gasteiger partial charge in [0.1, 0.15) is 11.5 Å². The summed E-state index contributed by atoms with van der Waals surface area (Å²) < 4.78 is 43.9. The third-order valence-corrected chi connectivity index (χ3v) is 7.35. The molecule has 0 spiro atoms. The topological polar surface area (TPSA) is 81.9 Å². The lowest BCUT2D eigenvalue weighted by atomic mass is 9.99. The Hall–Kier alpha value is -3.00. The number of hydrogen-bond acceptors (Lipinski definition) is 7. The first-order chi connectivity index (χ1) is 15.4. The fourth-order valence-corrected chi connectivity index (χ4v) is 5.06. The maximum absolute atomic E-state index is 13.6. The lowest BCUT2D eigenvalue weighted by Gasteiger charge is -2.30. The van der Waals surface area contributed by atoms with Crippen LogP contribution in [0.1, 0.15) is 26.7 Å². The number of anilines is 1. The molecule has 7 nitrogen and oxygen atoms in total. The fraction of sp³-hybridized carbons (Fsp3) is 0.375. The number of hydrogen-bond donors (Lipinski definition) is 0. The van der Waals surface area contributed by atoms with Crippen LogP contribution in [0.15, 0.2) is 62.9 Å². The van der Waals surface area contributed by atoms with Gasteiger partial charge in [0.25, 0.3) is 0 Å². The van der Waals surface area contributed by atoms with E-state index in [1.807, 2.05) is 11.8 Å². The zero-order valence-electron chi connectivity index (χ0n) is 18.6. The molecule has 1 aromatic heterocycles. The van der Waals surface area contributed by atoms with Crippen LogP contribution in [-0.4, -0.2) is 40.2 Å². The van der Waals surface area contributed by atoms with Crippen molar-refractivity contribution in [1.29, 1.82) is 0 Å². The van der Waals surface area contributed by atoms with Gasteiger partial charge in [-0.1, -0.05) is 6.92 Å². The first kappa shape index (κ1) is 22.2. The highest BCUT2D eigenvalue weighted by Gasteiger charge is 2.32. The monoisotopic (exact) mass is 456 g/mol. The van der Waals surface area contributed by atoms with Gasteiger partial charge in [-0.2, -0.15) is 4.98 Å². The highest BCUT2D eigenvalue weighted by molar-refractivity contribution is 7.91. The minimum Gasteiger partial charge on any atom is -0.497 e. The van der Waals surface area contributed by atoms with Crippen molar-refractivity contribution in [2.24, 2.45) is 5.92 Å². The molecular weight excluding hydrogens is 428 g/mol. The SMILES string of the molecule is CCOc1ccc(S(=O)(=O)c2nc(-c3ccc(OC)cc3)oc2N2CCC(C)CC2)cc1. The van der Waals surface area contributed by atoms with Crippen molar-refractivity contribution in [1.82, 2.24) is 4.98 Å². The Labute approximate surface area is 188 Å². The molecule has 0 atom stereocenters. The predicted octanol–water partition coefficient (Wildman–Crippen LogP) is 4.82. The molecule has 8 heteroatoms. The molecule has 1 saturated heterocycles. The smallest absolute Gasteiger partial charge is 0.236 e. The van der Waals surface area contributed by atoms with Crippen LogP contribution in [0.5, 0.6) is 11.5 Å². The normalized spacial score (nSPS) is 15.0. The van der Waals surface area contributed by atoms with E-state index in [0.717, 1.165) is 25.9 Å². The van der Waals surface area contributed by atoms with E-state index < -0.39 is 9.84 Å². The summed E-state index contributed by atoms with van der Waals surface area (Å²) in [5.41, 5.74) is 0.686. The van der Waals surface area contributed by atoms with Crippen LogP contribution >= 0.6 is 0 Å². The molecule has 0 amide bonds. The second kappa shape index (κ2) is 9.24. The molecule has 170 valence electrons. The minimum atomic E-state index is -3.89. The lowest BCUT2D eigenvalue weighted by molar-refractivity contribution is 0.340. The minimum absolute atomic E-state index is 0.0537. The number of methoxy groups -OCH3 is 1. The quantitative estimate of drug-likeness (QED) is 0.504. The molecule has 3 aromatic rings. The summed E-state index contributed by atoms with van der Waals surface area (Å²) in [6.07, 6.45) is 1.95. The van der Waals surface area contributed by atoms with Gasteiger partial charge in [-0.05, 0) is 74.2 Å². The molecule has 0 unspecified atom stereocenters. The highest BCUT2D eigenvalue weighted by atomic mass is 32.2. The van der Waals surface area contributed by atoms with Crippen molar-refractivity contribution in [2.75, 3.05) is 31.7 Å². The number of benzene rings is 2. The van der Waals surface area contributed by atoms with Crippen LogP contribution in [0.25, 0.3) is 11.5 Å². The molecule has 32 heavy (non-hydrogen) atoms. The van der Waals surface area contributed by atoms with E-state index in [2.05, 4.69) is 11.9 Å². The average molecular weight is 457 g/mol. The van der Waals surface area contributed by atoms with Gasteiger partial charge in [0, 0.05) is 18.7 Å². The Balaban J connectivity index is 1.76. The van der Waals surface area contributed by atoms with Gasteiger partial charge in [0.2, 0.25) is 26.6 Å². The molecule has 0 aliphatic carbocycles. The average Bonchev–Trinajstić information content (AvgIpc) is 3.27. The van der Waals surface area contributed by atoms with Crippen molar-refractivity contribution in [3.63, 3.8) is 0 Å². The second-order valence-electron chi connectivity index (χ2n) is 7.94. The summed E-state index contributed by atoms with van der Waals surface area (Å²) in [6, 6.07) is 13.6. The van der Waals surface area contributed by atoms with Gasteiger partial charge < -0.3 is 18.8 Å². The largest absolute Gasteiger partial charge is 0.497 e. The Morgan fingerprint density at radius 3 is 2.25 bits per heavy atom. The molecule has 0 N–H and O–H groups in total. The van der Waals surface area contributed by atoms with Crippen molar-refractivity contribution in [2.45, 2.75) is 36.6 Å². The Bertz CT molecular complexity index is 1150. The molecular formula is C24H28N2O5S. The van der Waals surface area contributed by atoms with Crippen molar-refractivity contribution in [3.05, 3.63) is 48.5 Å². The van der Waals surface area contributed by atoms with Crippen LogP contribution < -0.4 is 14.4 Å². The van der Waals surface area contributed by atoms with Crippen molar-refractivity contribution >= 4 is 15.7 Å². The first-order valence-corrected chi connectivity index (χ1v) is 12.3. The molecule has 0 bridgehead atoms. The Morgan fingerprint density at radius 1 is 1.03 bits per heavy atom. The van der Waals surface area contributed by atoms with Gasteiger partial charge >= 0.3 is 0 Å². The van der Waals surface area contributed by atoms with Crippen LogP contribution in [0, 0.1) is 5.92 Å². The number of oxazole rings is 1. The van der Waals surface area contributed by atoms with E-state index in [4.69, 9.17) is 13.9 Å². The Morgan fingerprint density at radius 2 is 1.66 bits per heavy atom. The molecule has 1 aliphatic heterocycles. The maximum atomic E-state index is 13.6. The summed E-state index contributed by atoms with van der Waals surface area (Å²) >= 11 is 0. The van der Waals surface area contributed by atoms with E-state index >= 15 is 0 Å². The fourth-order valence-electron chi connectivity index (χ4n) is 3.74. The Kier molecular flexibility index (Phi) is 6.41. The second-order valence-corrected chi connectivity index (χ2v) is 9.80. The summed E-state index contributed by atoms with van der Waals surface area (Å²) in [5, 5.41) is -0.0537.